The summed E-state index contributed by atoms with van der Waals surface area (Å²) in [6, 6.07) is 7.87. The monoisotopic (exact) mass is 426 g/mol. The van der Waals surface area contributed by atoms with Crippen molar-refractivity contribution < 1.29 is 23.4 Å². The number of carboxylic acid groups (broad SMARTS) is 1. The van der Waals surface area contributed by atoms with Crippen LogP contribution in [0, 0.1) is 6.92 Å². The van der Waals surface area contributed by atoms with Crippen LogP contribution in [-0.4, -0.2) is 29.6 Å². The molecule has 1 aromatic heterocycles. The molecule has 3 aromatic rings. The molecule has 0 unspecified atom stereocenters. The molecule has 0 atom stereocenters. The van der Waals surface area contributed by atoms with E-state index in [1.54, 1.807) is 6.92 Å². The van der Waals surface area contributed by atoms with Crippen LogP contribution in [0.25, 0.3) is 10.9 Å². The van der Waals surface area contributed by atoms with Gasteiger partial charge in [0.25, 0.3) is 10.0 Å². The standard InChI is InChI=1S/C17H12Cl2N2O5S/c1-8-2-3-15(14(22)4-8)27(25,26)21-12-7-13(17(23)24)20-11-6-9(18)5-10(19)16(11)12/h2-7,22H,1H3,(H,20,21)(H,23,24). The van der Waals surface area contributed by atoms with E-state index >= 15 is 0 Å². The maximum absolute atomic E-state index is 12.7. The number of fused-ring (bicyclic) bond motifs is 1. The number of pyridine rings is 1. The smallest absolute Gasteiger partial charge is 0.354 e. The Labute approximate surface area is 164 Å². The highest BCUT2D eigenvalue weighted by Crippen LogP contribution is 2.35. The Morgan fingerprint density at radius 3 is 2.48 bits per heavy atom. The first kappa shape index (κ1) is 19.2. The van der Waals surface area contributed by atoms with Crippen molar-refractivity contribution in [1.82, 2.24) is 4.98 Å². The number of aromatic carboxylic acids is 1. The number of carbonyl (C=O) groups is 1. The normalized spacial score (nSPS) is 11.5. The minimum absolute atomic E-state index is 0.0905. The summed E-state index contributed by atoms with van der Waals surface area (Å²) in [5, 5.41) is 19.7. The van der Waals surface area contributed by atoms with E-state index in [0.29, 0.717) is 5.56 Å². The van der Waals surface area contributed by atoms with Gasteiger partial charge < -0.3 is 10.2 Å². The molecule has 0 saturated carbocycles. The lowest BCUT2D eigenvalue weighted by Gasteiger charge is -2.14. The zero-order chi connectivity index (χ0) is 19.9. The van der Waals surface area contributed by atoms with Crippen LogP contribution >= 0.6 is 23.2 Å². The van der Waals surface area contributed by atoms with Crippen LogP contribution in [0.3, 0.4) is 0 Å². The van der Waals surface area contributed by atoms with E-state index in [0.717, 1.165) is 6.07 Å². The van der Waals surface area contributed by atoms with E-state index in [9.17, 15) is 23.4 Å². The summed E-state index contributed by atoms with van der Waals surface area (Å²) in [5.41, 5.74) is 0.288. The molecule has 0 saturated heterocycles. The molecule has 0 amide bonds. The Morgan fingerprint density at radius 2 is 1.85 bits per heavy atom. The molecular weight excluding hydrogens is 415 g/mol. The van der Waals surface area contributed by atoms with Crippen LogP contribution in [0.5, 0.6) is 5.75 Å². The number of aryl methyl sites for hydroxylation is 1. The molecule has 0 fully saturated rings. The van der Waals surface area contributed by atoms with Gasteiger partial charge in [0, 0.05) is 10.4 Å². The summed E-state index contributed by atoms with van der Waals surface area (Å²) in [7, 11) is -4.23. The van der Waals surface area contributed by atoms with Gasteiger partial charge in [-0.05, 0) is 42.8 Å². The Hall–Kier alpha value is -2.55. The number of anilines is 1. The van der Waals surface area contributed by atoms with Gasteiger partial charge in [0.2, 0.25) is 0 Å². The zero-order valence-corrected chi connectivity index (χ0v) is 16.0. The molecule has 10 heteroatoms. The lowest BCUT2D eigenvalue weighted by Crippen LogP contribution is -2.15. The number of phenols is 1. The van der Waals surface area contributed by atoms with E-state index in [1.807, 2.05) is 0 Å². The molecule has 0 bridgehead atoms. The third kappa shape index (κ3) is 3.78. The molecule has 3 N–H and O–H groups in total. The number of nitrogens with one attached hydrogen (secondary N) is 1. The molecular formula is C17H12Cl2N2O5S. The lowest BCUT2D eigenvalue weighted by molar-refractivity contribution is 0.0691. The molecule has 0 radical (unpaired) electrons. The highest BCUT2D eigenvalue weighted by Gasteiger charge is 2.22. The van der Waals surface area contributed by atoms with Crippen molar-refractivity contribution in [2.45, 2.75) is 11.8 Å². The predicted octanol–water partition coefficient (Wildman–Crippen LogP) is 4.05. The van der Waals surface area contributed by atoms with Gasteiger partial charge in [0.15, 0.2) is 5.69 Å². The SMILES string of the molecule is Cc1ccc(S(=O)(=O)Nc2cc(C(=O)O)nc3cc(Cl)cc(Cl)c23)c(O)c1. The summed E-state index contributed by atoms with van der Waals surface area (Å²) in [4.78, 5) is 14.9. The van der Waals surface area contributed by atoms with E-state index in [4.69, 9.17) is 23.2 Å². The van der Waals surface area contributed by atoms with Crippen LogP contribution < -0.4 is 4.72 Å². The third-order valence-corrected chi connectivity index (χ3v) is 5.62. The summed E-state index contributed by atoms with van der Waals surface area (Å²) < 4.78 is 27.7. The van der Waals surface area contributed by atoms with Crippen LogP contribution in [0.15, 0.2) is 41.3 Å². The van der Waals surface area contributed by atoms with Gasteiger partial charge in [0.05, 0.1) is 16.2 Å². The minimum atomic E-state index is -4.23. The highest BCUT2D eigenvalue weighted by atomic mass is 35.5. The van der Waals surface area contributed by atoms with Gasteiger partial charge in [-0.3, -0.25) is 4.72 Å². The largest absolute Gasteiger partial charge is 0.507 e. The van der Waals surface area contributed by atoms with E-state index in [1.165, 1.54) is 30.3 Å². The maximum atomic E-state index is 12.7. The van der Waals surface area contributed by atoms with E-state index in [2.05, 4.69) is 9.71 Å². The first-order chi connectivity index (χ1) is 12.6. The van der Waals surface area contributed by atoms with Crippen molar-refractivity contribution in [3.05, 3.63) is 57.7 Å². The zero-order valence-electron chi connectivity index (χ0n) is 13.7. The van der Waals surface area contributed by atoms with Gasteiger partial charge in [-0.2, -0.15) is 0 Å². The highest BCUT2D eigenvalue weighted by molar-refractivity contribution is 7.92. The van der Waals surface area contributed by atoms with E-state index in [-0.39, 0.29) is 31.5 Å². The number of carboxylic acids is 1. The van der Waals surface area contributed by atoms with Gasteiger partial charge in [-0.15, -0.1) is 0 Å². The van der Waals surface area contributed by atoms with E-state index < -0.39 is 27.4 Å². The fourth-order valence-corrected chi connectivity index (χ4v) is 4.26. The second-order valence-electron chi connectivity index (χ2n) is 5.72. The van der Waals surface area contributed by atoms with Crippen LogP contribution in [-0.2, 0) is 10.0 Å². The number of benzene rings is 2. The quantitative estimate of drug-likeness (QED) is 0.578. The molecule has 140 valence electrons. The first-order valence-corrected chi connectivity index (χ1v) is 9.68. The number of hydrogen-bond acceptors (Lipinski definition) is 5. The molecule has 7 nitrogen and oxygen atoms in total. The van der Waals surface area contributed by atoms with Crippen molar-refractivity contribution in [2.24, 2.45) is 0 Å². The van der Waals surface area contributed by atoms with Crippen molar-refractivity contribution in [3.8, 4) is 5.75 Å². The molecule has 1 heterocycles. The number of nitrogens with zero attached hydrogens (tertiary/aromatic N) is 1. The molecule has 3 rings (SSSR count). The van der Waals surface area contributed by atoms with Crippen molar-refractivity contribution >= 4 is 55.8 Å². The van der Waals surface area contributed by atoms with Gasteiger partial charge in [-0.1, -0.05) is 29.3 Å². The second-order valence-corrected chi connectivity index (χ2v) is 8.21. The molecule has 0 aliphatic heterocycles. The Morgan fingerprint density at radius 1 is 1.15 bits per heavy atom. The second kappa shape index (κ2) is 6.88. The maximum Gasteiger partial charge on any atom is 0.354 e. The van der Waals surface area contributed by atoms with Crippen molar-refractivity contribution in [3.63, 3.8) is 0 Å². The van der Waals surface area contributed by atoms with Gasteiger partial charge >= 0.3 is 5.97 Å². The number of sulfonamides is 1. The summed E-state index contributed by atoms with van der Waals surface area (Å²) in [5.74, 6) is -1.79. The molecule has 0 aliphatic rings. The number of aromatic nitrogens is 1. The number of halogens is 2. The Kier molecular flexibility index (Phi) is 4.90. The van der Waals surface area contributed by atoms with Crippen molar-refractivity contribution in [1.29, 1.82) is 0 Å². The van der Waals surface area contributed by atoms with Crippen LogP contribution in [0.2, 0.25) is 10.0 Å². The Bertz CT molecular complexity index is 1200. The fourth-order valence-electron chi connectivity index (χ4n) is 2.53. The number of rotatable bonds is 4. The summed E-state index contributed by atoms with van der Waals surface area (Å²) in [6.45, 7) is 1.70. The predicted molar refractivity (Wildman–Crippen MR) is 102 cm³/mol. The first-order valence-electron chi connectivity index (χ1n) is 7.44. The minimum Gasteiger partial charge on any atom is -0.507 e. The average molecular weight is 427 g/mol. The average Bonchev–Trinajstić information content (AvgIpc) is 2.52. The molecule has 0 aliphatic carbocycles. The topological polar surface area (TPSA) is 117 Å². The summed E-state index contributed by atoms with van der Waals surface area (Å²) in [6.07, 6.45) is 0. The van der Waals surface area contributed by atoms with Gasteiger partial charge in [-0.25, -0.2) is 18.2 Å². The number of hydrogen-bond donors (Lipinski definition) is 3. The molecule has 0 spiro atoms. The molecule has 2 aromatic carbocycles. The summed E-state index contributed by atoms with van der Waals surface area (Å²) >= 11 is 12.1. The van der Waals surface area contributed by atoms with Crippen LogP contribution in [0.1, 0.15) is 16.1 Å². The van der Waals surface area contributed by atoms with Crippen molar-refractivity contribution in [2.75, 3.05) is 4.72 Å². The number of aromatic hydroxyl groups is 1. The Balaban J connectivity index is 2.22. The van der Waals surface area contributed by atoms with Gasteiger partial charge in [0.1, 0.15) is 10.6 Å². The fraction of sp³-hybridized carbons (Fsp3) is 0.0588. The number of phenolic OH excluding ortho intramolecular Hbond substituents is 1. The van der Waals surface area contributed by atoms with Crippen LogP contribution in [0.4, 0.5) is 5.69 Å². The molecule has 27 heavy (non-hydrogen) atoms. The third-order valence-electron chi connectivity index (χ3n) is 3.69. The lowest BCUT2D eigenvalue weighted by atomic mass is 10.1.